The predicted octanol–water partition coefficient (Wildman–Crippen LogP) is 3.37. The van der Waals surface area contributed by atoms with E-state index in [-0.39, 0.29) is 28.7 Å². The molecule has 0 aliphatic carbocycles. The second-order valence-corrected chi connectivity index (χ2v) is 10.3. The van der Waals surface area contributed by atoms with E-state index in [0.29, 0.717) is 50.1 Å². The van der Waals surface area contributed by atoms with Crippen LogP contribution in [0, 0.1) is 5.92 Å². The molecule has 0 saturated carbocycles. The highest BCUT2D eigenvalue weighted by atomic mass is 32.2. The predicted molar refractivity (Wildman–Crippen MR) is 128 cm³/mol. The first-order valence-corrected chi connectivity index (χ1v) is 13.2. The van der Waals surface area contributed by atoms with E-state index in [1.807, 2.05) is 18.7 Å². The minimum Gasteiger partial charge on any atom is -0.370 e. The Balaban J connectivity index is 2.25. The van der Waals surface area contributed by atoms with Crippen LogP contribution in [-0.4, -0.2) is 39.4 Å². The summed E-state index contributed by atoms with van der Waals surface area (Å²) in [5.74, 6) is -0.613. The van der Waals surface area contributed by atoms with Gasteiger partial charge in [-0.15, -0.1) is 0 Å². The molecule has 0 radical (unpaired) electrons. The van der Waals surface area contributed by atoms with E-state index in [9.17, 15) is 18.0 Å². The van der Waals surface area contributed by atoms with Crippen LogP contribution in [0.4, 0.5) is 11.4 Å². The maximum atomic E-state index is 13.2. The summed E-state index contributed by atoms with van der Waals surface area (Å²) in [6.45, 7) is 6.94. The highest BCUT2D eigenvalue weighted by molar-refractivity contribution is 7.89. The highest BCUT2D eigenvalue weighted by Gasteiger charge is 2.28. The van der Waals surface area contributed by atoms with Crippen molar-refractivity contribution < 1.29 is 18.0 Å². The summed E-state index contributed by atoms with van der Waals surface area (Å²) in [4.78, 5) is 25.9. The van der Waals surface area contributed by atoms with Gasteiger partial charge in [0.05, 0.1) is 5.69 Å². The molecule has 1 atom stereocenters. The number of carbonyl (C=O) groups is 2. The van der Waals surface area contributed by atoms with Gasteiger partial charge in [0.2, 0.25) is 21.8 Å². The third-order valence-corrected chi connectivity index (χ3v) is 7.62. The van der Waals surface area contributed by atoms with E-state index in [1.54, 1.807) is 12.1 Å². The number of rotatable bonds is 12. The number of sulfonamides is 1. The molecule has 1 aromatic rings. The molecule has 1 aromatic carbocycles. The molecule has 1 aliphatic heterocycles. The molecular formula is C23H38N4O4S. The fourth-order valence-electron chi connectivity index (χ4n) is 3.82. The lowest BCUT2D eigenvalue weighted by Crippen LogP contribution is -2.40. The van der Waals surface area contributed by atoms with Gasteiger partial charge in [0.1, 0.15) is 4.90 Å². The van der Waals surface area contributed by atoms with Crippen LogP contribution in [0.15, 0.2) is 23.1 Å². The van der Waals surface area contributed by atoms with Crippen LogP contribution >= 0.6 is 0 Å². The lowest BCUT2D eigenvalue weighted by Gasteiger charge is -2.33. The van der Waals surface area contributed by atoms with Gasteiger partial charge in [0.25, 0.3) is 0 Å². The standard InChI is InChI=1S/C23H38N4O4S/c1-4-6-7-8-9-22(28)25-19-10-11-20(27-14-12-18(13-15-27)23(24)29)21(16-19)32(30,31)26-17(3)5-2/h10-11,16-18,26H,4-9,12-15H2,1-3H3,(H2,24,29)(H,25,28)/t17-/m1/s1. The molecule has 8 nitrogen and oxygen atoms in total. The molecule has 4 N–H and O–H groups in total. The number of anilines is 2. The normalized spacial score (nSPS) is 16.0. The van der Waals surface area contributed by atoms with E-state index in [4.69, 9.17) is 5.73 Å². The Labute approximate surface area is 192 Å². The maximum Gasteiger partial charge on any atom is 0.242 e. The number of hydrogen-bond acceptors (Lipinski definition) is 5. The van der Waals surface area contributed by atoms with Crippen LogP contribution in [0.3, 0.4) is 0 Å². The van der Waals surface area contributed by atoms with Crippen molar-refractivity contribution in [1.29, 1.82) is 0 Å². The van der Waals surface area contributed by atoms with E-state index < -0.39 is 10.0 Å². The van der Waals surface area contributed by atoms with Crippen LogP contribution in [0.2, 0.25) is 0 Å². The lowest BCUT2D eigenvalue weighted by atomic mass is 9.96. The van der Waals surface area contributed by atoms with Gasteiger partial charge in [-0.3, -0.25) is 9.59 Å². The summed E-state index contributed by atoms with van der Waals surface area (Å²) in [5.41, 5.74) is 6.47. The van der Waals surface area contributed by atoms with Crippen LogP contribution in [0.25, 0.3) is 0 Å². The molecule has 32 heavy (non-hydrogen) atoms. The van der Waals surface area contributed by atoms with Gasteiger partial charge in [0, 0.05) is 37.2 Å². The van der Waals surface area contributed by atoms with Crippen LogP contribution < -0.4 is 20.7 Å². The van der Waals surface area contributed by atoms with Gasteiger partial charge in [0.15, 0.2) is 0 Å². The molecule has 1 saturated heterocycles. The first-order valence-electron chi connectivity index (χ1n) is 11.7. The summed E-state index contributed by atoms with van der Waals surface area (Å²) in [6, 6.07) is 4.79. The van der Waals surface area contributed by atoms with E-state index in [2.05, 4.69) is 17.0 Å². The van der Waals surface area contributed by atoms with Gasteiger partial charge >= 0.3 is 0 Å². The number of primary amides is 1. The smallest absolute Gasteiger partial charge is 0.242 e. The first-order chi connectivity index (χ1) is 15.2. The summed E-state index contributed by atoms with van der Waals surface area (Å²) in [7, 11) is -3.80. The Hall–Kier alpha value is -2.13. The number of nitrogens with zero attached hydrogens (tertiary/aromatic N) is 1. The Kier molecular flexibility index (Phi) is 9.96. The molecule has 0 spiro atoms. The first kappa shape index (κ1) is 26.1. The Morgan fingerprint density at radius 2 is 1.84 bits per heavy atom. The number of nitrogens with one attached hydrogen (secondary N) is 2. The number of amides is 2. The Bertz CT molecular complexity index is 880. The molecule has 9 heteroatoms. The average Bonchev–Trinajstić information content (AvgIpc) is 2.76. The fourth-order valence-corrected chi connectivity index (χ4v) is 5.40. The van der Waals surface area contributed by atoms with Crippen LogP contribution in [0.5, 0.6) is 0 Å². The molecule has 1 fully saturated rings. The molecule has 0 bridgehead atoms. The highest BCUT2D eigenvalue weighted by Crippen LogP contribution is 2.32. The summed E-state index contributed by atoms with van der Waals surface area (Å²) < 4.78 is 29.1. The SMILES string of the molecule is CCCCCCC(=O)Nc1ccc(N2CCC(C(N)=O)CC2)c(S(=O)(=O)N[C@H](C)CC)c1. The molecule has 0 aromatic heterocycles. The van der Waals surface area contributed by atoms with Crippen molar-refractivity contribution in [3.8, 4) is 0 Å². The Morgan fingerprint density at radius 1 is 1.16 bits per heavy atom. The molecule has 180 valence electrons. The van der Waals surface area contributed by atoms with Crippen molar-refractivity contribution >= 4 is 33.2 Å². The topological polar surface area (TPSA) is 122 Å². The third kappa shape index (κ3) is 7.48. The molecule has 1 aliphatic rings. The fraction of sp³-hybridized carbons (Fsp3) is 0.652. The summed E-state index contributed by atoms with van der Waals surface area (Å²) in [5, 5.41) is 2.84. The van der Waals surface area contributed by atoms with Gasteiger partial charge in [-0.2, -0.15) is 0 Å². The maximum absolute atomic E-state index is 13.2. The number of unbranched alkanes of at least 4 members (excludes halogenated alkanes) is 3. The third-order valence-electron chi connectivity index (χ3n) is 6.00. The van der Waals surface area contributed by atoms with Crippen molar-refractivity contribution in [2.45, 2.75) is 83.1 Å². The van der Waals surface area contributed by atoms with Crippen molar-refractivity contribution in [2.75, 3.05) is 23.3 Å². The summed E-state index contributed by atoms with van der Waals surface area (Å²) in [6.07, 6.45) is 6.26. The minimum atomic E-state index is -3.80. The minimum absolute atomic E-state index is 0.116. The quantitative estimate of drug-likeness (QED) is 0.408. The zero-order valence-corrected chi connectivity index (χ0v) is 20.3. The largest absolute Gasteiger partial charge is 0.370 e. The number of benzene rings is 1. The van der Waals surface area contributed by atoms with E-state index >= 15 is 0 Å². The second-order valence-electron chi connectivity index (χ2n) is 8.64. The zero-order valence-electron chi connectivity index (χ0n) is 19.5. The van der Waals surface area contributed by atoms with E-state index in [0.717, 1.165) is 25.7 Å². The van der Waals surface area contributed by atoms with E-state index in [1.165, 1.54) is 6.07 Å². The van der Waals surface area contributed by atoms with Crippen molar-refractivity contribution in [1.82, 2.24) is 4.72 Å². The van der Waals surface area contributed by atoms with Crippen molar-refractivity contribution in [3.63, 3.8) is 0 Å². The number of piperidine rings is 1. The molecule has 0 unspecified atom stereocenters. The zero-order chi connectivity index (χ0) is 23.7. The van der Waals surface area contributed by atoms with Gasteiger partial charge < -0.3 is 16.0 Å². The van der Waals surface area contributed by atoms with Crippen LogP contribution in [-0.2, 0) is 19.6 Å². The molecule has 2 rings (SSSR count). The van der Waals surface area contributed by atoms with Crippen molar-refractivity contribution in [3.05, 3.63) is 18.2 Å². The molecule has 1 heterocycles. The lowest BCUT2D eigenvalue weighted by molar-refractivity contribution is -0.122. The van der Waals surface area contributed by atoms with Crippen molar-refractivity contribution in [2.24, 2.45) is 11.7 Å². The number of nitrogens with two attached hydrogens (primary N) is 1. The van der Waals surface area contributed by atoms with Gasteiger partial charge in [-0.1, -0.05) is 33.1 Å². The van der Waals surface area contributed by atoms with Gasteiger partial charge in [-0.05, 0) is 50.8 Å². The number of carbonyl (C=O) groups excluding carboxylic acids is 2. The van der Waals surface area contributed by atoms with Crippen LogP contribution in [0.1, 0.15) is 72.1 Å². The molecular weight excluding hydrogens is 428 g/mol. The van der Waals surface area contributed by atoms with Gasteiger partial charge in [-0.25, -0.2) is 13.1 Å². The second kappa shape index (κ2) is 12.2. The average molecular weight is 467 g/mol. The molecule has 2 amide bonds. The number of hydrogen-bond donors (Lipinski definition) is 3. The Morgan fingerprint density at radius 3 is 2.44 bits per heavy atom. The summed E-state index contributed by atoms with van der Waals surface area (Å²) >= 11 is 0. The monoisotopic (exact) mass is 466 g/mol.